The largest absolute Gasteiger partial charge is 0.489 e. The lowest BCUT2D eigenvalue weighted by Crippen LogP contribution is -2.27. The van der Waals surface area contributed by atoms with Gasteiger partial charge in [0.2, 0.25) is 0 Å². The molecular formula is C26H28N2O2. The van der Waals surface area contributed by atoms with Crippen LogP contribution in [0, 0.1) is 5.41 Å². The zero-order valence-corrected chi connectivity index (χ0v) is 18.1. The van der Waals surface area contributed by atoms with Crippen molar-refractivity contribution in [3.8, 4) is 16.9 Å². The molecule has 154 valence electrons. The van der Waals surface area contributed by atoms with Gasteiger partial charge in [-0.25, -0.2) is 4.79 Å². The molecule has 4 heteroatoms. The van der Waals surface area contributed by atoms with E-state index in [0.717, 1.165) is 33.5 Å². The van der Waals surface area contributed by atoms with Gasteiger partial charge >= 0.3 is 5.69 Å². The van der Waals surface area contributed by atoms with E-state index in [9.17, 15) is 4.79 Å². The molecule has 4 aromatic rings. The lowest BCUT2D eigenvalue weighted by atomic mass is 9.97. The molecule has 1 heterocycles. The lowest BCUT2D eigenvalue weighted by molar-refractivity contribution is 0.306. The fraction of sp³-hybridized carbons (Fsp3) is 0.269. The van der Waals surface area contributed by atoms with Crippen molar-refractivity contribution < 1.29 is 4.74 Å². The van der Waals surface area contributed by atoms with E-state index in [1.807, 2.05) is 48.0 Å². The van der Waals surface area contributed by atoms with E-state index in [1.54, 1.807) is 4.57 Å². The topological polar surface area (TPSA) is 36.2 Å². The number of hydrogen-bond donors (Lipinski definition) is 0. The van der Waals surface area contributed by atoms with Crippen LogP contribution < -0.4 is 10.4 Å². The molecule has 0 spiro atoms. The normalized spacial score (nSPS) is 11.7. The number of fused-ring (bicyclic) bond motifs is 1. The Morgan fingerprint density at radius 3 is 2.30 bits per heavy atom. The number of benzene rings is 3. The molecule has 3 aromatic carbocycles. The van der Waals surface area contributed by atoms with Crippen molar-refractivity contribution >= 4 is 11.0 Å². The Labute approximate surface area is 177 Å². The molecule has 4 nitrogen and oxygen atoms in total. The SMILES string of the molecule is Cn1c(=O)n(CC(C)(C)C)c2ccc(-c3cccc(OCc4ccccc4)c3)cc21. The summed E-state index contributed by atoms with van der Waals surface area (Å²) in [5.41, 5.74) is 5.24. The lowest BCUT2D eigenvalue weighted by Gasteiger charge is -2.18. The maximum Gasteiger partial charge on any atom is 0.328 e. The second-order valence-corrected chi connectivity index (χ2v) is 8.99. The Balaban J connectivity index is 1.65. The molecule has 1 aromatic heterocycles. The van der Waals surface area contributed by atoms with Crippen LogP contribution in [0.5, 0.6) is 5.75 Å². The van der Waals surface area contributed by atoms with Crippen LogP contribution in [0.3, 0.4) is 0 Å². The van der Waals surface area contributed by atoms with Crippen molar-refractivity contribution in [2.24, 2.45) is 12.5 Å². The van der Waals surface area contributed by atoms with E-state index < -0.39 is 0 Å². The minimum atomic E-state index is 0.0250. The van der Waals surface area contributed by atoms with Crippen molar-refractivity contribution in [1.29, 1.82) is 0 Å². The first-order valence-electron chi connectivity index (χ1n) is 10.3. The third-order valence-electron chi connectivity index (χ3n) is 5.19. The summed E-state index contributed by atoms with van der Waals surface area (Å²) in [6.45, 7) is 7.66. The molecule has 0 unspecified atom stereocenters. The van der Waals surface area contributed by atoms with E-state index in [0.29, 0.717) is 13.2 Å². The van der Waals surface area contributed by atoms with Crippen molar-refractivity contribution in [3.05, 3.63) is 88.8 Å². The quantitative estimate of drug-likeness (QED) is 0.435. The molecule has 30 heavy (non-hydrogen) atoms. The fourth-order valence-electron chi connectivity index (χ4n) is 3.72. The highest BCUT2D eigenvalue weighted by Gasteiger charge is 2.18. The van der Waals surface area contributed by atoms with Gasteiger partial charge in [-0.15, -0.1) is 0 Å². The number of aromatic nitrogens is 2. The number of imidazole rings is 1. The van der Waals surface area contributed by atoms with Gasteiger partial charge in [0.05, 0.1) is 11.0 Å². The number of nitrogens with zero attached hydrogens (tertiary/aromatic N) is 2. The summed E-state index contributed by atoms with van der Waals surface area (Å²) in [6, 6.07) is 24.5. The Kier molecular flexibility index (Phi) is 5.25. The summed E-state index contributed by atoms with van der Waals surface area (Å²) < 4.78 is 9.59. The fourth-order valence-corrected chi connectivity index (χ4v) is 3.72. The minimum Gasteiger partial charge on any atom is -0.489 e. The van der Waals surface area contributed by atoms with E-state index in [1.165, 1.54) is 0 Å². The van der Waals surface area contributed by atoms with Crippen LogP contribution in [0.2, 0.25) is 0 Å². The predicted molar refractivity (Wildman–Crippen MR) is 123 cm³/mol. The molecule has 0 bridgehead atoms. The van der Waals surface area contributed by atoms with Crippen LogP contribution in [0.1, 0.15) is 26.3 Å². The van der Waals surface area contributed by atoms with Gasteiger partial charge in [-0.3, -0.25) is 9.13 Å². The zero-order valence-electron chi connectivity index (χ0n) is 18.1. The van der Waals surface area contributed by atoms with Crippen LogP contribution >= 0.6 is 0 Å². The maximum absolute atomic E-state index is 12.8. The third kappa shape index (κ3) is 4.18. The number of rotatable bonds is 5. The summed E-state index contributed by atoms with van der Waals surface area (Å²) in [4.78, 5) is 12.8. The number of ether oxygens (including phenoxy) is 1. The maximum atomic E-state index is 12.8. The molecule has 0 amide bonds. The van der Waals surface area contributed by atoms with Gasteiger partial charge in [-0.05, 0) is 46.4 Å². The van der Waals surface area contributed by atoms with E-state index in [-0.39, 0.29) is 11.1 Å². The summed E-state index contributed by atoms with van der Waals surface area (Å²) in [5, 5.41) is 0. The molecule has 0 N–H and O–H groups in total. The van der Waals surface area contributed by atoms with Crippen molar-refractivity contribution in [1.82, 2.24) is 9.13 Å². The minimum absolute atomic E-state index is 0.0250. The highest BCUT2D eigenvalue weighted by Crippen LogP contribution is 2.28. The monoisotopic (exact) mass is 400 g/mol. The Morgan fingerprint density at radius 1 is 0.833 bits per heavy atom. The first kappa shape index (κ1) is 20.0. The van der Waals surface area contributed by atoms with E-state index in [2.05, 4.69) is 57.2 Å². The van der Waals surface area contributed by atoms with E-state index >= 15 is 0 Å². The second-order valence-electron chi connectivity index (χ2n) is 8.99. The van der Waals surface area contributed by atoms with Crippen LogP contribution in [-0.4, -0.2) is 9.13 Å². The molecule has 0 aliphatic rings. The van der Waals surface area contributed by atoms with Crippen LogP contribution in [0.15, 0.2) is 77.6 Å². The molecular weight excluding hydrogens is 372 g/mol. The van der Waals surface area contributed by atoms with Crippen LogP contribution in [-0.2, 0) is 20.2 Å². The predicted octanol–water partition coefficient (Wildman–Crippen LogP) is 5.63. The van der Waals surface area contributed by atoms with Gasteiger partial charge in [0.15, 0.2) is 0 Å². The summed E-state index contributed by atoms with van der Waals surface area (Å²) in [5.74, 6) is 0.829. The molecule has 4 rings (SSSR count). The molecule has 0 aliphatic heterocycles. The first-order valence-corrected chi connectivity index (χ1v) is 10.3. The summed E-state index contributed by atoms with van der Waals surface area (Å²) in [6.07, 6.45) is 0. The van der Waals surface area contributed by atoms with Crippen molar-refractivity contribution in [3.63, 3.8) is 0 Å². The second kappa shape index (κ2) is 7.86. The van der Waals surface area contributed by atoms with Gasteiger partial charge in [-0.2, -0.15) is 0 Å². The van der Waals surface area contributed by atoms with E-state index in [4.69, 9.17) is 4.74 Å². The molecule has 0 saturated carbocycles. The Morgan fingerprint density at radius 2 is 1.57 bits per heavy atom. The smallest absolute Gasteiger partial charge is 0.328 e. The van der Waals surface area contributed by atoms with Gasteiger partial charge in [0.1, 0.15) is 12.4 Å². The van der Waals surface area contributed by atoms with Crippen molar-refractivity contribution in [2.45, 2.75) is 33.9 Å². The first-order chi connectivity index (χ1) is 14.3. The molecule has 0 radical (unpaired) electrons. The molecule has 0 saturated heterocycles. The average molecular weight is 401 g/mol. The molecule has 0 fully saturated rings. The van der Waals surface area contributed by atoms with Gasteiger partial charge in [0.25, 0.3) is 0 Å². The number of aryl methyl sites for hydroxylation is 1. The highest BCUT2D eigenvalue weighted by atomic mass is 16.5. The standard InChI is InChI=1S/C26H28N2O2/c1-26(2,3)18-28-23-14-13-21(16-24(23)27(4)25(28)29)20-11-8-12-22(15-20)30-17-19-9-6-5-7-10-19/h5-16H,17-18H2,1-4H3. The average Bonchev–Trinajstić information content (AvgIpc) is 2.96. The van der Waals surface area contributed by atoms with Crippen LogP contribution in [0.4, 0.5) is 0 Å². The highest BCUT2D eigenvalue weighted by molar-refractivity contribution is 5.83. The molecule has 0 aliphatic carbocycles. The van der Waals surface area contributed by atoms with Crippen LogP contribution in [0.25, 0.3) is 22.2 Å². The summed E-state index contributed by atoms with van der Waals surface area (Å²) in [7, 11) is 1.84. The third-order valence-corrected chi connectivity index (χ3v) is 5.19. The summed E-state index contributed by atoms with van der Waals surface area (Å²) >= 11 is 0. The number of hydrogen-bond acceptors (Lipinski definition) is 2. The zero-order chi connectivity index (χ0) is 21.3. The van der Waals surface area contributed by atoms with Gasteiger partial charge in [-0.1, -0.05) is 69.3 Å². The Hall–Kier alpha value is -3.27. The Bertz CT molecular complexity index is 1230. The van der Waals surface area contributed by atoms with Gasteiger partial charge < -0.3 is 4.74 Å². The van der Waals surface area contributed by atoms with Crippen molar-refractivity contribution in [2.75, 3.05) is 0 Å². The molecule has 0 atom stereocenters. The van der Waals surface area contributed by atoms with Gasteiger partial charge in [0, 0.05) is 13.6 Å².